The van der Waals surface area contributed by atoms with Gasteiger partial charge in [-0.3, -0.25) is 29.4 Å². The van der Waals surface area contributed by atoms with Gasteiger partial charge in [0.05, 0.1) is 16.8 Å². The number of halogens is 1. The third kappa shape index (κ3) is 4.26. The summed E-state index contributed by atoms with van der Waals surface area (Å²) in [7, 11) is 0. The van der Waals surface area contributed by atoms with Crippen LogP contribution in [-0.2, 0) is 14.4 Å². The number of carbonyl (C=O) groups excluding carboxylic acids is 3. The maximum absolute atomic E-state index is 13.5. The lowest BCUT2D eigenvalue weighted by atomic mass is 9.81. The van der Waals surface area contributed by atoms with Gasteiger partial charge in [0.25, 0.3) is 0 Å². The van der Waals surface area contributed by atoms with Crippen LogP contribution in [0.5, 0.6) is 0 Å². The average molecular weight is 423 g/mol. The lowest BCUT2D eigenvalue weighted by Crippen LogP contribution is -2.48. The van der Waals surface area contributed by atoms with E-state index < -0.39 is 28.4 Å². The van der Waals surface area contributed by atoms with Crippen LogP contribution < -0.4 is 5.32 Å². The Morgan fingerprint density at radius 3 is 2.48 bits per heavy atom. The maximum atomic E-state index is 13.5. The molecule has 1 aliphatic heterocycles. The number of hydrogen-bond acceptors (Lipinski definition) is 6. The van der Waals surface area contributed by atoms with Crippen molar-refractivity contribution < 1.29 is 23.7 Å². The fourth-order valence-electron chi connectivity index (χ4n) is 4.06. The van der Waals surface area contributed by atoms with E-state index in [9.17, 15) is 28.9 Å². The summed E-state index contributed by atoms with van der Waals surface area (Å²) >= 11 is 1.48. The molecule has 1 aromatic rings. The summed E-state index contributed by atoms with van der Waals surface area (Å²) in [6, 6.07) is 2.02. The van der Waals surface area contributed by atoms with E-state index in [1.807, 2.05) is 6.26 Å². The van der Waals surface area contributed by atoms with E-state index in [1.54, 1.807) is 0 Å². The SMILES string of the molecule is CSCCC(C(=O)Nc1ccc(F)c([N+](=O)[O-])c1)N1C(=O)C2CCCCC2C1=O. The first-order valence-electron chi connectivity index (χ1n) is 9.45. The van der Waals surface area contributed by atoms with E-state index in [-0.39, 0.29) is 35.8 Å². The predicted molar refractivity (Wildman–Crippen MR) is 106 cm³/mol. The molecule has 1 saturated heterocycles. The number of likely N-dealkylation sites (tertiary alicyclic amines) is 1. The monoisotopic (exact) mass is 423 g/mol. The van der Waals surface area contributed by atoms with Crippen LogP contribution in [0.3, 0.4) is 0 Å². The average Bonchev–Trinajstić information content (AvgIpc) is 2.95. The number of hydrogen-bond donors (Lipinski definition) is 1. The summed E-state index contributed by atoms with van der Waals surface area (Å²) in [6.07, 6.45) is 5.18. The number of anilines is 1. The number of thioether (sulfide) groups is 1. The second-order valence-electron chi connectivity index (χ2n) is 7.25. The van der Waals surface area contributed by atoms with Gasteiger partial charge in [0.2, 0.25) is 23.5 Å². The van der Waals surface area contributed by atoms with Gasteiger partial charge in [-0.1, -0.05) is 12.8 Å². The van der Waals surface area contributed by atoms with Crippen molar-refractivity contribution in [1.29, 1.82) is 0 Å². The summed E-state index contributed by atoms with van der Waals surface area (Å²) in [4.78, 5) is 49.8. The molecule has 156 valence electrons. The van der Waals surface area contributed by atoms with Crippen LogP contribution in [0.25, 0.3) is 0 Å². The number of nitrogens with one attached hydrogen (secondary N) is 1. The Balaban J connectivity index is 1.84. The zero-order valence-corrected chi connectivity index (χ0v) is 16.7. The molecule has 0 spiro atoms. The van der Waals surface area contributed by atoms with Crippen molar-refractivity contribution in [2.75, 3.05) is 17.3 Å². The molecule has 3 rings (SSSR count). The third-order valence-electron chi connectivity index (χ3n) is 5.50. The van der Waals surface area contributed by atoms with E-state index in [1.165, 1.54) is 17.8 Å². The quantitative estimate of drug-likeness (QED) is 0.410. The molecular weight excluding hydrogens is 401 g/mol. The molecule has 10 heteroatoms. The van der Waals surface area contributed by atoms with Gasteiger partial charge in [-0.25, -0.2) is 0 Å². The fourth-order valence-corrected chi connectivity index (χ4v) is 4.52. The van der Waals surface area contributed by atoms with E-state index >= 15 is 0 Å². The summed E-state index contributed by atoms with van der Waals surface area (Å²) < 4.78 is 13.5. The minimum Gasteiger partial charge on any atom is -0.324 e. The first-order valence-corrected chi connectivity index (χ1v) is 10.8. The van der Waals surface area contributed by atoms with Crippen molar-refractivity contribution in [1.82, 2.24) is 4.90 Å². The normalized spacial score (nSPS) is 22.3. The van der Waals surface area contributed by atoms with Crippen molar-refractivity contribution in [3.63, 3.8) is 0 Å². The van der Waals surface area contributed by atoms with Crippen molar-refractivity contribution in [3.05, 3.63) is 34.1 Å². The number of amides is 3. The Morgan fingerprint density at radius 1 is 1.31 bits per heavy atom. The van der Waals surface area contributed by atoms with Crippen molar-refractivity contribution in [3.8, 4) is 0 Å². The highest BCUT2D eigenvalue weighted by molar-refractivity contribution is 7.98. The molecule has 0 bridgehead atoms. The molecule has 8 nitrogen and oxygen atoms in total. The summed E-state index contributed by atoms with van der Waals surface area (Å²) in [5, 5.41) is 13.4. The Labute approximate surface area is 171 Å². The van der Waals surface area contributed by atoms with Crippen molar-refractivity contribution >= 4 is 40.9 Å². The summed E-state index contributed by atoms with van der Waals surface area (Å²) in [5.41, 5.74) is -0.725. The Morgan fingerprint density at radius 2 is 1.93 bits per heavy atom. The molecule has 3 amide bonds. The Bertz CT molecular complexity index is 825. The van der Waals surface area contributed by atoms with E-state index in [0.29, 0.717) is 18.6 Å². The number of rotatable bonds is 7. The Kier molecular flexibility index (Phi) is 6.51. The van der Waals surface area contributed by atoms with Gasteiger partial charge in [-0.15, -0.1) is 0 Å². The fraction of sp³-hybridized carbons (Fsp3) is 0.526. The van der Waals surface area contributed by atoms with Crippen LogP contribution in [0.4, 0.5) is 15.8 Å². The van der Waals surface area contributed by atoms with Crippen LogP contribution >= 0.6 is 11.8 Å². The molecule has 2 aliphatic rings. The zero-order valence-electron chi connectivity index (χ0n) is 15.9. The molecule has 2 fully saturated rings. The smallest absolute Gasteiger partial charge is 0.306 e. The van der Waals surface area contributed by atoms with Crippen LogP contribution in [0.1, 0.15) is 32.1 Å². The molecule has 1 aliphatic carbocycles. The summed E-state index contributed by atoms with van der Waals surface area (Å²) in [5.74, 6) is -2.44. The largest absolute Gasteiger partial charge is 0.324 e. The van der Waals surface area contributed by atoms with Gasteiger partial charge < -0.3 is 5.32 Å². The van der Waals surface area contributed by atoms with Crippen LogP contribution in [0, 0.1) is 27.8 Å². The summed E-state index contributed by atoms with van der Waals surface area (Å²) in [6.45, 7) is 0. The molecule has 0 radical (unpaired) electrons. The first-order chi connectivity index (χ1) is 13.8. The number of nitrogens with zero attached hydrogens (tertiary/aromatic N) is 2. The van der Waals surface area contributed by atoms with Gasteiger partial charge in [0, 0.05) is 11.8 Å². The molecule has 0 aromatic heterocycles. The zero-order chi connectivity index (χ0) is 21.1. The molecular formula is C19H22FN3O5S. The molecule has 3 unspecified atom stereocenters. The minimum atomic E-state index is -1.01. The second-order valence-corrected chi connectivity index (χ2v) is 8.24. The molecule has 1 heterocycles. The van der Waals surface area contributed by atoms with Gasteiger partial charge in [0.1, 0.15) is 6.04 Å². The lowest BCUT2D eigenvalue weighted by Gasteiger charge is -2.25. The second kappa shape index (κ2) is 8.89. The highest BCUT2D eigenvalue weighted by Crippen LogP contribution is 2.39. The molecule has 3 atom stereocenters. The number of imide groups is 1. The highest BCUT2D eigenvalue weighted by atomic mass is 32.2. The van der Waals surface area contributed by atoms with E-state index in [4.69, 9.17) is 0 Å². The van der Waals surface area contributed by atoms with Gasteiger partial charge in [-0.2, -0.15) is 16.2 Å². The number of nitro benzene ring substituents is 1. The van der Waals surface area contributed by atoms with Crippen LogP contribution in [-0.4, -0.2) is 45.6 Å². The molecule has 29 heavy (non-hydrogen) atoms. The first kappa shape index (κ1) is 21.2. The van der Waals surface area contributed by atoms with Crippen molar-refractivity contribution in [2.24, 2.45) is 11.8 Å². The third-order valence-corrected chi connectivity index (χ3v) is 6.14. The van der Waals surface area contributed by atoms with Gasteiger partial charge in [0.15, 0.2) is 0 Å². The van der Waals surface area contributed by atoms with E-state index in [2.05, 4.69) is 5.32 Å². The van der Waals surface area contributed by atoms with E-state index in [0.717, 1.165) is 29.9 Å². The molecule has 1 N–H and O–H groups in total. The van der Waals surface area contributed by atoms with Gasteiger partial charge in [-0.05, 0) is 43.4 Å². The number of fused-ring (bicyclic) bond motifs is 1. The van der Waals surface area contributed by atoms with Gasteiger partial charge >= 0.3 is 5.69 Å². The van der Waals surface area contributed by atoms with Crippen LogP contribution in [0.15, 0.2) is 18.2 Å². The highest BCUT2D eigenvalue weighted by Gasteiger charge is 2.51. The lowest BCUT2D eigenvalue weighted by molar-refractivity contribution is -0.387. The number of nitro groups is 1. The standard InChI is InChI=1S/C19H22FN3O5S/c1-29-9-8-15(22-18(25)12-4-2-3-5-13(12)19(22)26)17(24)21-11-6-7-14(20)16(10-11)23(27)28/h6-7,10,12-13,15H,2-5,8-9H2,1H3,(H,21,24). The maximum Gasteiger partial charge on any atom is 0.306 e. The molecule has 1 saturated carbocycles. The minimum absolute atomic E-state index is 0.0359. The topological polar surface area (TPSA) is 110 Å². The number of carbonyl (C=O) groups is 3. The predicted octanol–water partition coefficient (Wildman–Crippen LogP) is 2.97. The molecule has 1 aromatic carbocycles. The Hall–Kier alpha value is -2.49. The van der Waals surface area contributed by atoms with Crippen molar-refractivity contribution in [2.45, 2.75) is 38.1 Å². The van der Waals surface area contributed by atoms with Crippen LogP contribution in [0.2, 0.25) is 0 Å². The number of benzene rings is 1.